The van der Waals surface area contributed by atoms with Crippen LogP contribution in [0.5, 0.6) is 0 Å². The lowest BCUT2D eigenvalue weighted by Crippen LogP contribution is -2.33. The first kappa shape index (κ1) is 9.50. The van der Waals surface area contributed by atoms with E-state index in [0.717, 1.165) is 19.5 Å². The molecule has 0 spiro atoms. The van der Waals surface area contributed by atoms with E-state index in [2.05, 4.69) is 13.0 Å². The molecular weight excluding hydrogens is 174 g/mol. The highest BCUT2D eigenvalue weighted by atomic mass is 16.2. The number of allylic oxidation sites excluding steroid dienone is 3. The van der Waals surface area contributed by atoms with E-state index >= 15 is 0 Å². The first-order valence-corrected chi connectivity index (χ1v) is 5.31. The monoisotopic (exact) mass is 190 g/mol. The fraction of sp³-hybridized carbons (Fsp3) is 0.583. The van der Waals surface area contributed by atoms with E-state index in [1.54, 1.807) is 0 Å². The number of carbonyl (C=O) groups is 1. The van der Waals surface area contributed by atoms with E-state index in [-0.39, 0.29) is 5.92 Å². The second-order valence-electron chi connectivity index (χ2n) is 4.17. The van der Waals surface area contributed by atoms with Gasteiger partial charge in [0.15, 0.2) is 0 Å². The molecule has 1 atom stereocenters. The van der Waals surface area contributed by atoms with E-state index in [1.165, 1.54) is 18.4 Å². The smallest absolute Gasteiger partial charge is 0.229 e. The average molecular weight is 190 g/mol. The van der Waals surface area contributed by atoms with Crippen LogP contribution in [0.4, 0.5) is 0 Å². The highest BCUT2D eigenvalue weighted by molar-refractivity contribution is 5.81. The third kappa shape index (κ3) is 1.89. The molecule has 1 radical (unpaired) electrons. The molecule has 0 N–H and O–H groups in total. The molecule has 2 nitrogen and oxygen atoms in total. The van der Waals surface area contributed by atoms with Gasteiger partial charge in [-0.05, 0) is 32.3 Å². The molecule has 1 fully saturated rings. The fourth-order valence-electron chi connectivity index (χ4n) is 2.10. The molecule has 1 saturated heterocycles. The van der Waals surface area contributed by atoms with Crippen molar-refractivity contribution in [3.63, 3.8) is 0 Å². The molecule has 14 heavy (non-hydrogen) atoms. The van der Waals surface area contributed by atoms with Gasteiger partial charge >= 0.3 is 0 Å². The van der Waals surface area contributed by atoms with Crippen molar-refractivity contribution in [3.05, 3.63) is 23.8 Å². The van der Waals surface area contributed by atoms with E-state index in [9.17, 15) is 4.79 Å². The van der Waals surface area contributed by atoms with Gasteiger partial charge in [-0.2, -0.15) is 0 Å². The van der Waals surface area contributed by atoms with Gasteiger partial charge in [0.1, 0.15) is 0 Å². The van der Waals surface area contributed by atoms with Crippen LogP contribution < -0.4 is 0 Å². The highest BCUT2D eigenvalue weighted by Crippen LogP contribution is 2.21. The standard InChI is InChI=1S/C12H16NO/c1-10-5-4-6-11(9-10)12(14)13-7-2-3-8-13/h5-6,11H,2-3,7-9H2,1H3. The largest absolute Gasteiger partial charge is 0.342 e. The molecule has 2 aliphatic rings. The van der Waals surface area contributed by atoms with Crippen molar-refractivity contribution in [2.24, 2.45) is 5.92 Å². The average Bonchev–Trinajstić information content (AvgIpc) is 2.69. The summed E-state index contributed by atoms with van der Waals surface area (Å²) < 4.78 is 0. The normalized spacial score (nSPS) is 26.5. The molecule has 1 amide bonds. The minimum Gasteiger partial charge on any atom is -0.342 e. The molecular formula is C12H16NO. The molecule has 0 saturated carbocycles. The zero-order valence-corrected chi connectivity index (χ0v) is 8.62. The Balaban J connectivity index is 1.98. The quantitative estimate of drug-likeness (QED) is 0.618. The summed E-state index contributed by atoms with van der Waals surface area (Å²) in [6.45, 7) is 3.96. The van der Waals surface area contributed by atoms with Crippen molar-refractivity contribution in [1.29, 1.82) is 0 Å². The van der Waals surface area contributed by atoms with Gasteiger partial charge in [-0.15, -0.1) is 0 Å². The lowest BCUT2D eigenvalue weighted by Gasteiger charge is -2.22. The van der Waals surface area contributed by atoms with Crippen LogP contribution >= 0.6 is 0 Å². The molecule has 0 aromatic rings. The number of carbonyl (C=O) groups excluding carboxylic acids is 1. The van der Waals surface area contributed by atoms with Crippen LogP contribution in [0.2, 0.25) is 0 Å². The molecule has 0 aromatic carbocycles. The maximum atomic E-state index is 12.0. The summed E-state index contributed by atoms with van der Waals surface area (Å²) in [6, 6.07) is 0. The van der Waals surface area contributed by atoms with E-state index in [1.807, 2.05) is 17.1 Å². The van der Waals surface area contributed by atoms with Gasteiger partial charge in [-0.1, -0.05) is 17.7 Å². The lowest BCUT2D eigenvalue weighted by molar-refractivity contribution is -0.132. The first-order chi connectivity index (χ1) is 6.77. The molecule has 1 unspecified atom stereocenters. The Morgan fingerprint density at radius 1 is 1.50 bits per heavy atom. The Morgan fingerprint density at radius 2 is 2.21 bits per heavy atom. The molecule has 1 aliphatic heterocycles. The highest BCUT2D eigenvalue weighted by Gasteiger charge is 2.25. The Morgan fingerprint density at radius 3 is 2.86 bits per heavy atom. The summed E-state index contributed by atoms with van der Waals surface area (Å²) in [5.74, 6) is 0.348. The Labute approximate surface area is 85.3 Å². The zero-order valence-electron chi connectivity index (χ0n) is 8.62. The second-order valence-corrected chi connectivity index (χ2v) is 4.17. The zero-order chi connectivity index (χ0) is 9.97. The van der Waals surface area contributed by atoms with E-state index in [0.29, 0.717) is 5.91 Å². The maximum Gasteiger partial charge on any atom is 0.229 e. The number of amides is 1. The van der Waals surface area contributed by atoms with Crippen LogP contribution in [0.15, 0.2) is 17.7 Å². The maximum absolute atomic E-state index is 12.0. The van der Waals surface area contributed by atoms with Crippen molar-refractivity contribution in [1.82, 2.24) is 4.90 Å². The van der Waals surface area contributed by atoms with Crippen molar-refractivity contribution < 1.29 is 4.79 Å². The van der Waals surface area contributed by atoms with Crippen LogP contribution in [-0.4, -0.2) is 23.9 Å². The molecule has 0 aromatic heterocycles. The summed E-state index contributed by atoms with van der Waals surface area (Å²) >= 11 is 0. The summed E-state index contributed by atoms with van der Waals surface area (Å²) in [4.78, 5) is 14.0. The molecule has 0 bridgehead atoms. The molecule has 75 valence electrons. The van der Waals surface area contributed by atoms with Crippen LogP contribution in [0.25, 0.3) is 0 Å². The Hall–Kier alpha value is -1.05. The topological polar surface area (TPSA) is 20.3 Å². The van der Waals surface area contributed by atoms with Gasteiger partial charge in [0, 0.05) is 13.1 Å². The molecule has 2 rings (SSSR count). The van der Waals surface area contributed by atoms with Crippen molar-refractivity contribution in [2.75, 3.05) is 13.1 Å². The number of hydrogen-bond acceptors (Lipinski definition) is 1. The van der Waals surface area contributed by atoms with Crippen molar-refractivity contribution >= 4 is 5.91 Å². The van der Waals surface area contributed by atoms with Crippen molar-refractivity contribution in [2.45, 2.75) is 26.2 Å². The van der Waals surface area contributed by atoms with Crippen LogP contribution in [0.1, 0.15) is 26.2 Å². The summed E-state index contributed by atoms with van der Waals surface area (Å²) in [6.07, 6.45) is 10.1. The third-order valence-electron chi connectivity index (χ3n) is 2.90. The molecule has 1 aliphatic carbocycles. The van der Waals surface area contributed by atoms with Crippen molar-refractivity contribution in [3.8, 4) is 0 Å². The van der Waals surface area contributed by atoms with Gasteiger partial charge in [0.25, 0.3) is 0 Å². The Bertz CT molecular complexity index is 285. The molecule has 2 heteroatoms. The van der Waals surface area contributed by atoms with Crippen LogP contribution in [0, 0.1) is 12.0 Å². The van der Waals surface area contributed by atoms with Gasteiger partial charge < -0.3 is 4.90 Å². The first-order valence-electron chi connectivity index (χ1n) is 5.31. The minimum absolute atomic E-state index is 0.0538. The SMILES string of the molecule is CC1=C[C]=CC(C(=O)N2CCCC2)C1. The van der Waals surface area contributed by atoms with E-state index < -0.39 is 0 Å². The lowest BCUT2D eigenvalue weighted by atomic mass is 9.94. The Kier molecular flexibility index (Phi) is 2.71. The van der Waals surface area contributed by atoms with Gasteiger partial charge in [-0.3, -0.25) is 4.79 Å². The fourth-order valence-corrected chi connectivity index (χ4v) is 2.10. The number of rotatable bonds is 1. The van der Waals surface area contributed by atoms with Crippen LogP contribution in [0.3, 0.4) is 0 Å². The van der Waals surface area contributed by atoms with E-state index in [4.69, 9.17) is 0 Å². The summed E-state index contributed by atoms with van der Waals surface area (Å²) in [5.41, 5.74) is 1.25. The summed E-state index contributed by atoms with van der Waals surface area (Å²) in [5, 5.41) is 0. The number of nitrogens with zero attached hydrogens (tertiary/aromatic N) is 1. The number of hydrogen-bond donors (Lipinski definition) is 0. The predicted molar refractivity (Wildman–Crippen MR) is 55.5 cm³/mol. The summed E-state index contributed by atoms with van der Waals surface area (Å²) in [7, 11) is 0. The number of likely N-dealkylation sites (tertiary alicyclic amines) is 1. The van der Waals surface area contributed by atoms with Gasteiger partial charge in [0.05, 0.1) is 5.92 Å². The minimum atomic E-state index is 0.0538. The van der Waals surface area contributed by atoms with Gasteiger partial charge in [0.2, 0.25) is 5.91 Å². The predicted octanol–water partition coefficient (Wildman–Crippen LogP) is 1.93. The molecule has 1 heterocycles. The van der Waals surface area contributed by atoms with Crippen LogP contribution in [-0.2, 0) is 4.79 Å². The third-order valence-corrected chi connectivity index (χ3v) is 2.90. The second kappa shape index (κ2) is 3.99. The van der Waals surface area contributed by atoms with Gasteiger partial charge in [-0.25, -0.2) is 0 Å².